The highest BCUT2D eigenvalue weighted by Gasteiger charge is 2.15. The zero-order valence-electron chi connectivity index (χ0n) is 13.3. The van der Waals surface area contributed by atoms with Gasteiger partial charge in [-0.25, -0.2) is 0 Å². The average molecular weight is 303 g/mol. The first-order chi connectivity index (χ1) is 10.5. The number of aryl methyl sites for hydroxylation is 1. The highest BCUT2D eigenvalue weighted by Crippen LogP contribution is 2.25. The molecule has 0 unspecified atom stereocenters. The van der Waals surface area contributed by atoms with Crippen molar-refractivity contribution >= 4 is 5.91 Å². The predicted octanol–water partition coefficient (Wildman–Crippen LogP) is 3.03. The molecule has 5 heteroatoms. The van der Waals surface area contributed by atoms with Crippen molar-refractivity contribution in [3.05, 3.63) is 47.4 Å². The standard InChI is InChI=1S/C17H21NO4/c1-11-5-8-15(22-11)12(2)18-17(19)9-13-6-7-14(20-3)10-16(13)21-4/h5-8,10,12H,9H2,1-4H3,(H,18,19)/t12-/m0/s1. The number of ether oxygens (including phenoxy) is 2. The van der Waals surface area contributed by atoms with Gasteiger partial charge in [0.05, 0.1) is 26.7 Å². The molecule has 0 spiro atoms. The molecule has 2 aromatic rings. The second-order valence-corrected chi connectivity index (χ2v) is 5.09. The van der Waals surface area contributed by atoms with Crippen molar-refractivity contribution in [2.75, 3.05) is 14.2 Å². The fourth-order valence-electron chi connectivity index (χ4n) is 2.22. The minimum atomic E-state index is -0.176. The fraction of sp³-hybridized carbons (Fsp3) is 0.353. The maximum Gasteiger partial charge on any atom is 0.225 e. The van der Waals surface area contributed by atoms with Crippen molar-refractivity contribution in [3.8, 4) is 11.5 Å². The molecule has 118 valence electrons. The average Bonchev–Trinajstić information content (AvgIpc) is 2.94. The van der Waals surface area contributed by atoms with E-state index in [4.69, 9.17) is 13.9 Å². The molecule has 0 saturated carbocycles. The molecule has 1 aromatic heterocycles. The van der Waals surface area contributed by atoms with Crippen LogP contribution in [0.25, 0.3) is 0 Å². The molecular formula is C17H21NO4. The van der Waals surface area contributed by atoms with Crippen LogP contribution >= 0.6 is 0 Å². The summed E-state index contributed by atoms with van der Waals surface area (Å²) in [5, 5.41) is 2.92. The highest BCUT2D eigenvalue weighted by molar-refractivity contribution is 5.79. The van der Waals surface area contributed by atoms with Gasteiger partial charge < -0.3 is 19.2 Å². The molecule has 0 aliphatic heterocycles. The van der Waals surface area contributed by atoms with Crippen molar-refractivity contribution < 1.29 is 18.7 Å². The van der Waals surface area contributed by atoms with Crippen molar-refractivity contribution in [2.45, 2.75) is 26.3 Å². The molecule has 0 radical (unpaired) electrons. The van der Waals surface area contributed by atoms with E-state index < -0.39 is 0 Å². The number of amides is 1. The van der Waals surface area contributed by atoms with E-state index in [2.05, 4.69) is 5.32 Å². The molecule has 1 aromatic carbocycles. The Labute approximate surface area is 130 Å². The number of methoxy groups -OCH3 is 2. The monoisotopic (exact) mass is 303 g/mol. The Hall–Kier alpha value is -2.43. The second kappa shape index (κ2) is 7.02. The van der Waals surface area contributed by atoms with E-state index in [9.17, 15) is 4.79 Å². The Morgan fingerprint density at radius 1 is 1.23 bits per heavy atom. The number of furan rings is 1. The van der Waals surface area contributed by atoms with Crippen LogP contribution in [0.5, 0.6) is 11.5 Å². The summed E-state index contributed by atoms with van der Waals surface area (Å²) in [7, 11) is 3.17. The first kappa shape index (κ1) is 15.9. The van der Waals surface area contributed by atoms with Crippen LogP contribution in [-0.2, 0) is 11.2 Å². The van der Waals surface area contributed by atoms with Crippen molar-refractivity contribution in [3.63, 3.8) is 0 Å². The minimum absolute atomic E-state index is 0.0926. The van der Waals surface area contributed by atoms with Gasteiger partial charge >= 0.3 is 0 Å². The Morgan fingerprint density at radius 2 is 2.00 bits per heavy atom. The molecule has 0 aliphatic rings. The van der Waals surface area contributed by atoms with Crippen molar-refractivity contribution in [1.82, 2.24) is 5.32 Å². The molecule has 0 fully saturated rings. The van der Waals surface area contributed by atoms with Crippen molar-refractivity contribution in [2.24, 2.45) is 0 Å². The second-order valence-electron chi connectivity index (χ2n) is 5.09. The molecule has 2 rings (SSSR count). The summed E-state index contributed by atoms with van der Waals surface area (Å²) in [6.45, 7) is 3.77. The van der Waals surface area contributed by atoms with Crippen LogP contribution in [0.2, 0.25) is 0 Å². The van der Waals surface area contributed by atoms with Gasteiger partial charge in [-0.05, 0) is 32.0 Å². The summed E-state index contributed by atoms with van der Waals surface area (Å²) < 4.78 is 16.0. The maximum atomic E-state index is 12.2. The number of carbonyl (C=O) groups excluding carboxylic acids is 1. The van der Waals surface area contributed by atoms with E-state index in [-0.39, 0.29) is 18.4 Å². The van der Waals surface area contributed by atoms with Gasteiger partial charge in [0.2, 0.25) is 5.91 Å². The SMILES string of the molecule is COc1ccc(CC(=O)N[C@@H](C)c2ccc(C)o2)c(OC)c1. The van der Waals surface area contributed by atoms with Gasteiger partial charge in [0.15, 0.2) is 0 Å². The van der Waals surface area contributed by atoms with Crippen molar-refractivity contribution in [1.29, 1.82) is 0 Å². The lowest BCUT2D eigenvalue weighted by Crippen LogP contribution is -2.28. The third-order valence-corrected chi connectivity index (χ3v) is 3.41. The molecule has 0 saturated heterocycles. The smallest absolute Gasteiger partial charge is 0.225 e. The zero-order valence-corrected chi connectivity index (χ0v) is 13.3. The van der Waals surface area contributed by atoms with E-state index in [1.807, 2.05) is 38.1 Å². The third-order valence-electron chi connectivity index (χ3n) is 3.41. The minimum Gasteiger partial charge on any atom is -0.497 e. The maximum absolute atomic E-state index is 12.2. The Balaban J connectivity index is 2.02. The number of benzene rings is 1. The van der Waals surface area contributed by atoms with Crippen LogP contribution < -0.4 is 14.8 Å². The molecule has 5 nitrogen and oxygen atoms in total. The molecule has 1 atom stereocenters. The summed E-state index contributed by atoms with van der Waals surface area (Å²) in [6.07, 6.45) is 0.233. The quantitative estimate of drug-likeness (QED) is 0.891. The molecular weight excluding hydrogens is 282 g/mol. The molecule has 1 heterocycles. The van der Waals surface area contributed by atoms with Gasteiger partial charge in [-0.2, -0.15) is 0 Å². The van der Waals surface area contributed by atoms with Crippen LogP contribution in [0.1, 0.15) is 30.0 Å². The first-order valence-corrected chi connectivity index (χ1v) is 7.10. The number of hydrogen-bond acceptors (Lipinski definition) is 4. The lowest BCUT2D eigenvalue weighted by atomic mass is 10.1. The molecule has 22 heavy (non-hydrogen) atoms. The first-order valence-electron chi connectivity index (χ1n) is 7.10. The summed E-state index contributed by atoms with van der Waals surface area (Å²) in [5.74, 6) is 2.81. The van der Waals surface area contributed by atoms with E-state index in [0.29, 0.717) is 11.5 Å². The van der Waals surface area contributed by atoms with Gasteiger partial charge in [-0.1, -0.05) is 6.07 Å². The largest absolute Gasteiger partial charge is 0.497 e. The Kier molecular flexibility index (Phi) is 5.09. The van der Waals surface area contributed by atoms with Gasteiger partial charge in [-0.3, -0.25) is 4.79 Å². The Morgan fingerprint density at radius 3 is 2.59 bits per heavy atom. The van der Waals surface area contributed by atoms with Gasteiger partial charge in [0.1, 0.15) is 23.0 Å². The van der Waals surface area contributed by atoms with E-state index >= 15 is 0 Å². The molecule has 0 aliphatic carbocycles. The summed E-state index contributed by atoms with van der Waals surface area (Å²) >= 11 is 0. The van der Waals surface area contributed by atoms with Gasteiger partial charge in [-0.15, -0.1) is 0 Å². The van der Waals surface area contributed by atoms with E-state index in [0.717, 1.165) is 17.1 Å². The highest BCUT2D eigenvalue weighted by atomic mass is 16.5. The van der Waals surface area contributed by atoms with Crippen LogP contribution in [-0.4, -0.2) is 20.1 Å². The molecule has 0 bridgehead atoms. The summed E-state index contributed by atoms with van der Waals surface area (Å²) in [5.41, 5.74) is 0.809. The number of rotatable bonds is 6. The zero-order chi connectivity index (χ0) is 16.1. The third kappa shape index (κ3) is 3.81. The number of hydrogen-bond donors (Lipinski definition) is 1. The lowest BCUT2D eigenvalue weighted by Gasteiger charge is -2.13. The Bertz CT molecular complexity index is 648. The van der Waals surface area contributed by atoms with Crippen LogP contribution in [0, 0.1) is 6.92 Å². The molecule has 1 amide bonds. The summed E-state index contributed by atoms with van der Waals surface area (Å²) in [4.78, 5) is 12.2. The fourth-order valence-corrected chi connectivity index (χ4v) is 2.22. The lowest BCUT2D eigenvalue weighted by molar-refractivity contribution is -0.121. The predicted molar refractivity (Wildman–Crippen MR) is 83.3 cm³/mol. The molecule has 1 N–H and O–H groups in total. The number of carbonyl (C=O) groups is 1. The number of nitrogens with one attached hydrogen (secondary N) is 1. The van der Waals surface area contributed by atoms with Gasteiger partial charge in [0, 0.05) is 11.6 Å². The van der Waals surface area contributed by atoms with E-state index in [1.54, 1.807) is 20.3 Å². The van der Waals surface area contributed by atoms with Crippen LogP contribution in [0.4, 0.5) is 0 Å². The summed E-state index contributed by atoms with van der Waals surface area (Å²) in [6, 6.07) is 8.98. The van der Waals surface area contributed by atoms with Crippen LogP contribution in [0.15, 0.2) is 34.7 Å². The normalized spacial score (nSPS) is 11.8. The van der Waals surface area contributed by atoms with Crippen LogP contribution in [0.3, 0.4) is 0 Å². The van der Waals surface area contributed by atoms with Gasteiger partial charge in [0.25, 0.3) is 0 Å². The van der Waals surface area contributed by atoms with E-state index in [1.165, 1.54) is 0 Å². The topological polar surface area (TPSA) is 60.7 Å².